The van der Waals surface area contributed by atoms with E-state index in [1.807, 2.05) is 0 Å². The van der Waals surface area contributed by atoms with E-state index in [0.29, 0.717) is 26.2 Å². The number of nitrogens with two attached hydrogens (primary N) is 1. The fourth-order valence-corrected chi connectivity index (χ4v) is 3.16. The summed E-state index contributed by atoms with van der Waals surface area (Å²) in [5, 5.41) is 3.06. The van der Waals surface area contributed by atoms with E-state index in [1.165, 1.54) is 4.31 Å². The van der Waals surface area contributed by atoms with Crippen LogP contribution in [0.15, 0.2) is 0 Å². The molecule has 0 bridgehead atoms. The first-order valence-corrected chi connectivity index (χ1v) is 7.06. The van der Waals surface area contributed by atoms with Crippen LogP contribution in [0.25, 0.3) is 0 Å². The molecule has 1 amide bonds. The fourth-order valence-electron chi connectivity index (χ4n) is 1.64. The molecular formula is C9H20N4O3S. The SMILES string of the molecule is CC(C)C(NS(=O)(=O)N1CCNCC1)C(N)=O. The molecular weight excluding hydrogens is 244 g/mol. The lowest BCUT2D eigenvalue weighted by Gasteiger charge is -2.29. The minimum atomic E-state index is -3.63. The highest BCUT2D eigenvalue weighted by molar-refractivity contribution is 7.87. The van der Waals surface area contributed by atoms with Crippen molar-refractivity contribution in [3.63, 3.8) is 0 Å². The second kappa shape index (κ2) is 5.76. The third kappa shape index (κ3) is 3.91. The zero-order chi connectivity index (χ0) is 13.1. The number of primary amides is 1. The number of carbonyl (C=O) groups excluding carboxylic acids is 1. The third-order valence-electron chi connectivity index (χ3n) is 2.66. The lowest BCUT2D eigenvalue weighted by molar-refractivity contribution is -0.120. The van der Waals surface area contributed by atoms with Crippen molar-refractivity contribution in [2.24, 2.45) is 11.7 Å². The molecule has 1 unspecified atom stereocenters. The maximum absolute atomic E-state index is 12.0. The van der Waals surface area contributed by atoms with Gasteiger partial charge in [0.15, 0.2) is 0 Å². The summed E-state index contributed by atoms with van der Waals surface area (Å²) < 4.78 is 27.6. The lowest BCUT2D eigenvalue weighted by Crippen LogP contribution is -2.56. The molecule has 1 rings (SSSR count). The van der Waals surface area contributed by atoms with E-state index in [2.05, 4.69) is 10.0 Å². The zero-order valence-corrected chi connectivity index (χ0v) is 11.0. The Labute approximate surface area is 102 Å². The fraction of sp³-hybridized carbons (Fsp3) is 0.889. The molecule has 0 aliphatic carbocycles. The van der Waals surface area contributed by atoms with Crippen LogP contribution in [0.5, 0.6) is 0 Å². The first kappa shape index (κ1) is 14.4. The Hall–Kier alpha value is -0.700. The Morgan fingerprint density at radius 2 is 1.88 bits per heavy atom. The van der Waals surface area contributed by atoms with Gasteiger partial charge < -0.3 is 11.1 Å². The van der Waals surface area contributed by atoms with Gasteiger partial charge in [-0.2, -0.15) is 17.4 Å². The molecule has 0 aromatic carbocycles. The third-order valence-corrected chi connectivity index (χ3v) is 4.26. The summed E-state index contributed by atoms with van der Waals surface area (Å²) in [5.74, 6) is -0.830. The Balaban J connectivity index is 2.73. The van der Waals surface area contributed by atoms with Crippen molar-refractivity contribution in [2.45, 2.75) is 19.9 Å². The van der Waals surface area contributed by atoms with E-state index < -0.39 is 22.2 Å². The van der Waals surface area contributed by atoms with Crippen LogP contribution in [0, 0.1) is 5.92 Å². The van der Waals surface area contributed by atoms with E-state index in [1.54, 1.807) is 13.8 Å². The summed E-state index contributed by atoms with van der Waals surface area (Å²) in [6.07, 6.45) is 0. The van der Waals surface area contributed by atoms with Crippen molar-refractivity contribution >= 4 is 16.1 Å². The maximum Gasteiger partial charge on any atom is 0.280 e. The molecule has 0 radical (unpaired) electrons. The van der Waals surface area contributed by atoms with Crippen LogP contribution in [-0.2, 0) is 15.0 Å². The second-order valence-electron chi connectivity index (χ2n) is 4.40. The van der Waals surface area contributed by atoms with E-state index >= 15 is 0 Å². The largest absolute Gasteiger partial charge is 0.368 e. The van der Waals surface area contributed by atoms with Crippen LogP contribution in [0.1, 0.15) is 13.8 Å². The van der Waals surface area contributed by atoms with Crippen LogP contribution in [0.4, 0.5) is 0 Å². The number of amides is 1. The summed E-state index contributed by atoms with van der Waals surface area (Å²) in [6.45, 7) is 5.52. The summed E-state index contributed by atoms with van der Waals surface area (Å²) in [4.78, 5) is 11.2. The van der Waals surface area contributed by atoms with Gasteiger partial charge in [-0.1, -0.05) is 13.8 Å². The average molecular weight is 264 g/mol. The molecule has 4 N–H and O–H groups in total. The van der Waals surface area contributed by atoms with Crippen LogP contribution >= 0.6 is 0 Å². The minimum Gasteiger partial charge on any atom is -0.368 e. The Bertz CT molecular complexity index is 362. The number of nitrogens with one attached hydrogen (secondary N) is 2. The topological polar surface area (TPSA) is 105 Å². The summed E-state index contributed by atoms with van der Waals surface area (Å²) in [6, 6.07) is -0.866. The van der Waals surface area contributed by atoms with E-state index in [0.717, 1.165) is 0 Å². The van der Waals surface area contributed by atoms with Gasteiger partial charge in [0.05, 0.1) is 0 Å². The van der Waals surface area contributed by atoms with Gasteiger partial charge in [-0.25, -0.2) is 0 Å². The first-order valence-electron chi connectivity index (χ1n) is 5.62. The molecule has 8 heteroatoms. The standard InChI is InChI=1S/C9H20N4O3S/c1-7(2)8(9(10)14)12-17(15,16)13-5-3-11-4-6-13/h7-8,11-12H,3-6H2,1-2H3,(H2,10,14). The average Bonchev–Trinajstić information content (AvgIpc) is 2.26. The predicted molar refractivity (Wildman–Crippen MR) is 64.3 cm³/mol. The minimum absolute atomic E-state index is 0.176. The van der Waals surface area contributed by atoms with E-state index in [4.69, 9.17) is 5.73 Å². The lowest BCUT2D eigenvalue weighted by atomic mass is 10.1. The first-order chi connectivity index (χ1) is 7.84. The number of carbonyl (C=O) groups is 1. The van der Waals surface area contributed by atoms with Crippen molar-refractivity contribution in [1.82, 2.24) is 14.3 Å². The van der Waals surface area contributed by atoms with Gasteiger partial charge >= 0.3 is 0 Å². The molecule has 0 aromatic rings. The number of piperazine rings is 1. The Kier molecular flexibility index (Phi) is 4.87. The number of rotatable bonds is 5. The smallest absolute Gasteiger partial charge is 0.280 e. The van der Waals surface area contributed by atoms with Crippen molar-refractivity contribution in [3.05, 3.63) is 0 Å². The highest BCUT2D eigenvalue weighted by atomic mass is 32.2. The van der Waals surface area contributed by atoms with Crippen LogP contribution in [0.2, 0.25) is 0 Å². The summed E-state index contributed by atoms with van der Waals surface area (Å²) >= 11 is 0. The number of hydrogen-bond acceptors (Lipinski definition) is 4. The normalized spacial score (nSPS) is 20.4. The number of hydrogen-bond donors (Lipinski definition) is 3. The quantitative estimate of drug-likeness (QED) is 0.547. The van der Waals surface area contributed by atoms with Crippen LogP contribution < -0.4 is 15.8 Å². The summed E-state index contributed by atoms with van der Waals surface area (Å²) in [7, 11) is -3.63. The second-order valence-corrected chi connectivity index (χ2v) is 6.10. The molecule has 0 aromatic heterocycles. The monoisotopic (exact) mass is 264 g/mol. The highest BCUT2D eigenvalue weighted by Gasteiger charge is 2.30. The molecule has 17 heavy (non-hydrogen) atoms. The van der Waals surface area contributed by atoms with Crippen molar-refractivity contribution in [1.29, 1.82) is 0 Å². The molecule has 1 atom stereocenters. The number of nitrogens with zero attached hydrogens (tertiary/aromatic N) is 1. The van der Waals surface area contributed by atoms with Gasteiger partial charge in [0.2, 0.25) is 5.91 Å². The molecule has 0 spiro atoms. The maximum atomic E-state index is 12.0. The predicted octanol–water partition coefficient (Wildman–Crippen LogP) is -1.76. The van der Waals surface area contributed by atoms with Crippen LogP contribution in [0.3, 0.4) is 0 Å². The summed E-state index contributed by atoms with van der Waals surface area (Å²) in [5.41, 5.74) is 5.18. The van der Waals surface area contributed by atoms with Gasteiger partial charge in [-0.15, -0.1) is 0 Å². The van der Waals surface area contributed by atoms with Gasteiger partial charge in [-0.05, 0) is 5.92 Å². The van der Waals surface area contributed by atoms with Crippen molar-refractivity contribution < 1.29 is 13.2 Å². The molecule has 1 aliphatic heterocycles. The highest BCUT2D eigenvalue weighted by Crippen LogP contribution is 2.06. The van der Waals surface area contributed by atoms with Crippen molar-refractivity contribution in [3.8, 4) is 0 Å². The molecule has 1 heterocycles. The molecule has 1 aliphatic rings. The Morgan fingerprint density at radius 1 is 1.35 bits per heavy atom. The van der Waals surface area contributed by atoms with Gasteiger partial charge in [0, 0.05) is 26.2 Å². The molecule has 1 fully saturated rings. The van der Waals surface area contributed by atoms with E-state index in [-0.39, 0.29) is 5.92 Å². The molecule has 1 saturated heterocycles. The Morgan fingerprint density at radius 3 is 2.29 bits per heavy atom. The zero-order valence-electron chi connectivity index (χ0n) is 10.1. The van der Waals surface area contributed by atoms with Gasteiger partial charge in [0.1, 0.15) is 6.04 Å². The van der Waals surface area contributed by atoms with Gasteiger partial charge in [0.25, 0.3) is 10.2 Å². The van der Waals surface area contributed by atoms with Gasteiger partial charge in [-0.3, -0.25) is 4.79 Å². The molecule has 100 valence electrons. The van der Waals surface area contributed by atoms with Crippen molar-refractivity contribution in [2.75, 3.05) is 26.2 Å². The molecule has 0 saturated carbocycles. The van der Waals surface area contributed by atoms with Crippen LogP contribution in [-0.4, -0.2) is 50.9 Å². The van der Waals surface area contributed by atoms with E-state index in [9.17, 15) is 13.2 Å². The molecule has 7 nitrogen and oxygen atoms in total.